The molecule has 2 amide bonds. The third-order valence-electron chi connectivity index (χ3n) is 3.67. The number of hydrogen-bond acceptors (Lipinski definition) is 3. The predicted molar refractivity (Wildman–Crippen MR) is 72.2 cm³/mol. The smallest absolute Gasteiger partial charge is 0.317 e. The van der Waals surface area contributed by atoms with E-state index in [4.69, 9.17) is 5.11 Å². The van der Waals surface area contributed by atoms with Crippen molar-refractivity contribution in [3.8, 4) is 0 Å². The number of aromatic nitrogens is 2. The van der Waals surface area contributed by atoms with Gasteiger partial charge in [-0.1, -0.05) is 6.92 Å². The first-order valence-corrected chi connectivity index (χ1v) is 6.70. The van der Waals surface area contributed by atoms with Crippen molar-refractivity contribution in [1.82, 2.24) is 20.0 Å². The molecule has 110 valence electrons. The van der Waals surface area contributed by atoms with Gasteiger partial charge in [-0.25, -0.2) is 4.79 Å². The number of likely N-dealkylation sites (tertiary alicyclic amines) is 1. The molecule has 2 unspecified atom stereocenters. The predicted octanol–water partition coefficient (Wildman–Crippen LogP) is 0.325. The van der Waals surface area contributed by atoms with E-state index in [0.29, 0.717) is 19.5 Å². The van der Waals surface area contributed by atoms with Gasteiger partial charge in [0.15, 0.2) is 0 Å². The van der Waals surface area contributed by atoms with E-state index in [9.17, 15) is 9.59 Å². The molecule has 0 aromatic carbocycles. The van der Waals surface area contributed by atoms with Crippen molar-refractivity contribution in [2.75, 3.05) is 19.6 Å². The first-order chi connectivity index (χ1) is 9.47. The molecule has 1 aliphatic heterocycles. The third kappa shape index (κ3) is 3.28. The van der Waals surface area contributed by atoms with Gasteiger partial charge in [0.25, 0.3) is 0 Å². The van der Waals surface area contributed by atoms with Gasteiger partial charge in [0, 0.05) is 32.9 Å². The van der Waals surface area contributed by atoms with Crippen molar-refractivity contribution in [1.29, 1.82) is 0 Å². The highest BCUT2D eigenvalue weighted by Crippen LogP contribution is 2.22. The number of carboxylic acids is 1. The Morgan fingerprint density at radius 1 is 1.50 bits per heavy atom. The number of aliphatic carboxylic acids is 1. The molecule has 20 heavy (non-hydrogen) atoms. The second-order valence-corrected chi connectivity index (χ2v) is 5.33. The molecule has 2 N–H and O–H groups in total. The first-order valence-electron chi connectivity index (χ1n) is 6.70. The number of amides is 2. The van der Waals surface area contributed by atoms with Crippen LogP contribution in [0.3, 0.4) is 0 Å². The molecule has 0 saturated carbocycles. The second-order valence-electron chi connectivity index (χ2n) is 5.33. The van der Waals surface area contributed by atoms with E-state index in [2.05, 4.69) is 10.4 Å². The average molecular weight is 280 g/mol. The summed E-state index contributed by atoms with van der Waals surface area (Å²) in [5.74, 6) is -1.29. The maximum Gasteiger partial charge on any atom is 0.317 e. The zero-order valence-electron chi connectivity index (χ0n) is 11.7. The van der Waals surface area contributed by atoms with E-state index in [0.717, 1.165) is 5.56 Å². The molecule has 1 aromatic rings. The second kappa shape index (κ2) is 5.94. The Kier molecular flexibility index (Phi) is 4.26. The lowest BCUT2D eigenvalue weighted by molar-refractivity contribution is -0.142. The highest BCUT2D eigenvalue weighted by atomic mass is 16.4. The average Bonchev–Trinajstić information content (AvgIpc) is 2.95. The fourth-order valence-electron chi connectivity index (χ4n) is 2.48. The molecule has 1 aromatic heterocycles. The molecule has 0 spiro atoms. The molecular formula is C13H20N4O3. The van der Waals surface area contributed by atoms with Crippen molar-refractivity contribution < 1.29 is 14.7 Å². The van der Waals surface area contributed by atoms with Gasteiger partial charge in [-0.3, -0.25) is 9.48 Å². The van der Waals surface area contributed by atoms with Crippen LogP contribution in [-0.4, -0.2) is 51.4 Å². The Bertz CT molecular complexity index is 500. The Hall–Kier alpha value is -2.05. The standard InChI is InChI=1S/C13H20N4O3/c1-9-6-17(8-11(9)12(18)19)13(20)14-4-3-10-5-15-16(2)7-10/h5,7,9,11H,3-4,6,8H2,1-2H3,(H,14,20)(H,18,19). The van der Waals surface area contributed by atoms with E-state index in [1.807, 2.05) is 20.2 Å². The van der Waals surface area contributed by atoms with E-state index >= 15 is 0 Å². The van der Waals surface area contributed by atoms with Crippen molar-refractivity contribution in [2.24, 2.45) is 18.9 Å². The monoisotopic (exact) mass is 280 g/mol. The molecule has 2 heterocycles. The van der Waals surface area contributed by atoms with Crippen molar-refractivity contribution in [2.45, 2.75) is 13.3 Å². The summed E-state index contributed by atoms with van der Waals surface area (Å²) >= 11 is 0. The van der Waals surface area contributed by atoms with Crippen LogP contribution in [0.2, 0.25) is 0 Å². The molecule has 0 radical (unpaired) electrons. The van der Waals surface area contributed by atoms with Crippen LogP contribution in [0.1, 0.15) is 12.5 Å². The number of urea groups is 1. The van der Waals surface area contributed by atoms with E-state index in [1.54, 1.807) is 15.8 Å². The summed E-state index contributed by atoms with van der Waals surface area (Å²) in [6.07, 6.45) is 4.39. The van der Waals surface area contributed by atoms with Crippen LogP contribution in [0, 0.1) is 11.8 Å². The summed E-state index contributed by atoms with van der Waals surface area (Å²) in [4.78, 5) is 24.5. The highest BCUT2D eigenvalue weighted by molar-refractivity contribution is 5.77. The molecule has 2 rings (SSSR count). The van der Waals surface area contributed by atoms with E-state index in [1.165, 1.54) is 0 Å². The summed E-state index contributed by atoms with van der Waals surface area (Å²) in [6, 6.07) is -0.190. The van der Waals surface area contributed by atoms with Crippen LogP contribution in [0.4, 0.5) is 4.79 Å². The normalized spacial score (nSPS) is 22.0. The van der Waals surface area contributed by atoms with Crippen LogP contribution in [0.15, 0.2) is 12.4 Å². The lowest BCUT2D eigenvalue weighted by Crippen LogP contribution is -2.39. The number of carboxylic acid groups (broad SMARTS) is 1. The number of rotatable bonds is 4. The minimum Gasteiger partial charge on any atom is -0.481 e. The summed E-state index contributed by atoms with van der Waals surface area (Å²) in [5.41, 5.74) is 1.06. The van der Waals surface area contributed by atoms with Gasteiger partial charge < -0.3 is 15.3 Å². The van der Waals surface area contributed by atoms with Gasteiger partial charge in [-0.15, -0.1) is 0 Å². The number of carbonyl (C=O) groups excluding carboxylic acids is 1. The van der Waals surface area contributed by atoms with E-state index < -0.39 is 11.9 Å². The van der Waals surface area contributed by atoms with Crippen LogP contribution in [0.5, 0.6) is 0 Å². The quantitative estimate of drug-likeness (QED) is 0.831. The molecule has 1 aliphatic rings. The summed E-state index contributed by atoms with van der Waals surface area (Å²) in [5, 5.41) is 15.9. The Balaban J connectivity index is 1.77. The SMILES string of the molecule is CC1CN(C(=O)NCCc2cnn(C)c2)CC1C(=O)O. The fourth-order valence-corrected chi connectivity index (χ4v) is 2.48. The Morgan fingerprint density at radius 3 is 2.80 bits per heavy atom. The fraction of sp³-hybridized carbons (Fsp3) is 0.615. The number of nitrogens with one attached hydrogen (secondary N) is 1. The minimum absolute atomic E-state index is 0.00317. The van der Waals surface area contributed by atoms with Crippen LogP contribution in [-0.2, 0) is 18.3 Å². The van der Waals surface area contributed by atoms with Gasteiger partial charge in [0.2, 0.25) is 0 Å². The number of aryl methyl sites for hydroxylation is 1. The topological polar surface area (TPSA) is 87.5 Å². The largest absolute Gasteiger partial charge is 0.481 e. The number of hydrogen-bond donors (Lipinski definition) is 2. The summed E-state index contributed by atoms with van der Waals surface area (Å²) < 4.78 is 1.72. The van der Waals surface area contributed by atoms with Gasteiger partial charge in [0.05, 0.1) is 12.1 Å². The summed E-state index contributed by atoms with van der Waals surface area (Å²) in [6.45, 7) is 3.17. The first kappa shape index (κ1) is 14.4. The number of nitrogens with zero attached hydrogens (tertiary/aromatic N) is 3. The highest BCUT2D eigenvalue weighted by Gasteiger charge is 2.36. The van der Waals surface area contributed by atoms with Crippen molar-refractivity contribution in [3.05, 3.63) is 18.0 Å². The molecule has 0 bridgehead atoms. The molecule has 7 heteroatoms. The van der Waals surface area contributed by atoms with Gasteiger partial charge in [-0.05, 0) is 17.9 Å². The van der Waals surface area contributed by atoms with Gasteiger partial charge >= 0.3 is 12.0 Å². The van der Waals surface area contributed by atoms with E-state index in [-0.39, 0.29) is 18.5 Å². The lowest BCUT2D eigenvalue weighted by atomic mass is 9.99. The molecular weight excluding hydrogens is 260 g/mol. The maximum atomic E-state index is 12.0. The Labute approximate surface area is 117 Å². The maximum absolute atomic E-state index is 12.0. The van der Waals surface area contributed by atoms with Crippen LogP contribution >= 0.6 is 0 Å². The van der Waals surface area contributed by atoms with Crippen molar-refractivity contribution in [3.63, 3.8) is 0 Å². The van der Waals surface area contributed by atoms with Crippen molar-refractivity contribution >= 4 is 12.0 Å². The van der Waals surface area contributed by atoms with Crippen LogP contribution in [0.25, 0.3) is 0 Å². The summed E-state index contributed by atoms with van der Waals surface area (Å²) in [7, 11) is 1.85. The molecule has 7 nitrogen and oxygen atoms in total. The minimum atomic E-state index is -0.830. The molecule has 2 atom stereocenters. The third-order valence-corrected chi connectivity index (χ3v) is 3.67. The van der Waals surface area contributed by atoms with Crippen LogP contribution < -0.4 is 5.32 Å². The molecule has 1 fully saturated rings. The van der Waals surface area contributed by atoms with Gasteiger partial charge in [-0.2, -0.15) is 5.10 Å². The van der Waals surface area contributed by atoms with Gasteiger partial charge in [0.1, 0.15) is 0 Å². The zero-order valence-corrected chi connectivity index (χ0v) is 11.7. The Morgan fingerprint density at radius 2 is 2.25 bits per heavy atom. The zero-order chi connectivity index (χ0) is 14.7. The number of carbonyl (C=O) groups is 2. The lowest BCUT2D eigenvalue weighted by Gasteiger charge is -2.16. The molecule has 1 saturated heterocycles. The molecule has 0 aliphatic carbocycles.